The largest absolute Gasteiger partial charge is 0.376 e. The fraction of sp³-hybridized carbons (Fsp3) is 0.500. The third-order valence-corrected chi connectivity index (χ3v) is 5.51. The molecule has 26 heavy (non-hydrogen) atoms. The second-order valence-electron chi connectivity index (χ2n) is 6.71. The molecule has 4 rings (SSSR count). The van der Waals surface area contributed by atoms with Crippen LogP contribution in [0.2, 0.25) is 0 Å². The lowest BCUT2D eigenvalue weighted by atomic mass is 10.2. The van der Waals surface area contributed by atoms with E-state index in [1.165, 1.54) is 23.9 Å². The number of hydrogen-bond donors (Lipinski definition) is 1. The second-order valence-corrected chi connectivity index (χ2v) is 7.65. The van der Waals surface area contributed by atoms with Gasteiger partial charge in [0.1, 0.15) is 11.6 Å². The minimum Gasteiger partial charge on any atom is -0.376 e. The highest BCUT2D eigenvalue weighted by Crippen LogP contribution is 2.40. The maximum atomic E-state index is 13.2. The first-order valence-corrected chi connectivity index (χ1v) is 9.90. The maximum absolute atomic E-state index is 13.2. The number of thioether (sulfide) groups is 1. The molecule has 2 aliphatic rings. The molecule has 2 aromatic rings. The van der Waals surface area contributed by atoms with Crippen LogP contribution in [0.15, 0.2) is 29.4 Å². The molecule has 1 atom stereocenters. The minimum absolute atomic E-state index is 0.194. The highest BCUT2D eigenvalue weighted by atomic mass is 32.2. The van der Waals surface area contributed by atoms with E-state index in [0.29, 0.717) is 11.6 Å². The lowest BCUT2D eigenvalue weighted by Gasteiger charge is -2.14. The predicted octanol–water partition coefficient (Wildman–Crippen LogP) is 3.20. The molecule has 2 heterocycles. The zero-order valence-corrected chi connectivity index (χ0v) is 15.2. The van der Waals surface area contributed by atoms with E-state index < -0.39 is 0 Å². The highest BCUT2D eigenvalue weighted by Gasteiger charge is 2.31. The van der Waals surface area contributed by atoms with E-state index in [1.807, 2.05) is 0 Å². The van der Waals surface area contributed by atoms with Crippen molar-refractivity contribution in [1.29, 1.82) is 0 Å². The Balaban J connectivity index is 1.40. The molecule has 0 radical (unpaired) electrons. The summed E-state index contributed by atoms with van der Waals surface area (Å²) in [6.45, 7) is 1.55. The smallest absolute Gasteiger partial charge is 0.234 e. The lowest BCUT2D eigenvalue weighted by Crippen LogP contribution is -2.19. The number of anilines is 1. The van der Waals surface area contributed by atoms with Crippen molar-refractivity contribution in [2.45, 2.75) is 49.4 Å². The van der Waals surface area contributed by atoms with Crippen molar-refractivity contribution >= 4 is 23.4 Å². The number of halogens is 1. The average Bonchev–Trinajstić information content (AvgIpc) is 3.18. The van der Waals surface area contributed by atoms with Gasteiger partial charge in [0, 0.05) is 18.2 Å². The Morgan fingerprint density at radius 3 is 2.96 bits per heavy atom. The monoisotopic (exact) mass is 376 g/mol. The van der Waals surface area contributed by atoms with Gasteiger partial charge in [-0.05, 0) is 43.9 Å². The first-order chi connectivity index (χ1) is 12.7. The first kappa shape index (κ1) is 17.5. The highest BCUT2D eigenvalue weighted by molar-refractivity contribution is 7.99. The van der Waals surface area contributed by atoms with Crippen LogP contribution in [0.3, 0.4) is 0 Å². The van der Waals surface area contributed by atoms with Crippen molar-refractivity contribution in [1.82, 2.24) is 14.8 Å². The Labute approximate surface area is 155 Å². The van der Waals surface area contributed by atoms with Gasteiger partial charge in [0.25, 0.3) is 0 Å². The van der Waals surface area contributed by atoms with E-state index >= 15 is 0 Å². The van der Waals surface area contributed by atoms with E-state index in [-0.39, 0.29) is 23.6 Å². The number of nitrogens with one attached hydrogen (secondary N) is 1. The molecule has 1 saturated carbocycles. The van der Waals surface area contributed by atoms with Gasteiger partial charge in [-0.1, -0.05) is 17.8 Å². The number of carbonyl (C=O) groups is 1. The average molecular weight is 376 g/mol. The summed E-state index contributed by atoms with van der Waals surface area (Å²) in [5.41, 5.74) is 0.454. The van der Waals surface area contributed by atoms with Gasteiger partial charge in [0.05, 0.1) is 18.4 Å². The molecular formula is C18H21FN4O2S. The molecule has 1 aliphatic heterocycles. The molecule has 1 aliphatic carbocycles. The van der Waals surface area contributed by atoms with Crippen LogP contribution in [0, 0.1) is 5.82 Å². The Morgan fingerprint density at radius 1 is 1.35 bits per heavy atom. The summed E-state index contributed by atoms with van der Waals surface area (Å²) >= 11 is 1.36. The van der Waals surface area contributed by atoms with Gasteiger partial charge < -0.3 is 14.6 Å². The third-order valence-electron chi connectivity index (χ3n) is 4.54. The second kappa shape index (κ2) is 7.75. The predicted molar refractivity (Wildman–Crippen MR) is 96.7 cm³/mol. The molecule has 0 unspecified atom stereocenters. The van der Waals surface area contributed by atoms with Crippen LogP contribution < -0.4 is 5.32 Å². The van der Waals surface area contributed by atoms with Gasteiger partial charge in [-0.3, -0.25) is 4.79 Å². The van der Waals surface area contributed by atoms with Gasteiger partial charge >= 0.3 is 0 Å². The van der Waals surface area contributed by atoms with Crippen LogP contribution in [0.5, 0.6) is 0 Å². The molecule has 6 nitrogen and oxygen atoms in total. The number of ether oxygens (including phenoxy) is 1. The zero-order chi connectivity index (χ0) is 17.9. The zero-order valence-electron chi connectivity index (χ0n) is 14.4. The van der Waals surface area contributed by atoms with Crippen LogP contribution >= 0.6 is 11.8 Å². The molecule has 138 valence electrons. The summed E-state index contributed by atoms with van der Waals surface area (Å²) in [4.78, 5) is 12.2. The number of rotatable bonds is 7. The third kappa shape index (κ3) is 4.24. The van der Waals surface area contributed by atoms with Crippen molar-refractivity contribution in [3.63, 3.8) is 0 Å². The van der Waals surface area contributed by atoms with Crippen molar-refractivity contribution in [2.24, 2.45) is 0 Å². The Hall–Kier alpha value is -1.93. The fourth-order valence-corrected chi connectivity index (χ4v) is 3.86. The molecule has 1 amide bonds. The standard InChI is InChI=1S/C18H21FN4O2S/c19-13-3-1-4-14(9-13)20-16(24)11-26-18-22-21-17(12-6-7-12)23(18)10-15-5-2-8-25-15/h1,3-4,9,12,15H,2,5-8,10-11H2,(H,20,24)/t15-/m0/s1. The number of aromatic nitrogens is 3. The molecule has 0 bridgehead atoms. The summed E-state index contributed by atoms with van der Waals surface area (Å²) in [5.74, 6) is 1.12. The number of amides is 1. The molecule has 2 fully saturated rings. The van der Waals surface area contributed by atoms with Crippen LogP contribution in [0.25, 0.3) is 0 Å². The Kier molecular flexibility index (Phi) is 5.21. The lowest BCUT2D eigenvalue weighted by molar-refractivity contribution is -0.113. The van der Waals surface area contributed by atoms with Crippen molar-refractivity contribution in [3.05, 3.63) is 35.9 Å². The van der Waals surface area contributed by atoms with E-state index in [1.54, 1.807) is 12.1 Å². The quantitative estimate of drug-likeness (QED) is 0.752. The molecule has 8 heteroatoms. The van der Waals surface area contributed by atoms with Gasteiger partial charge in [-0.15, -0.1) is 10.2 Å². The van der Waals surface area contributed by atoms with E-state index in [2.05, 4.69) is 20.1 Å². The topological polar surface area (TPSA) is 69.0 Å². The van der Waals surface area contributed by atoms with Crippen LogP contribution in [-0.2, 0) is 16.1 Å². The summed E-state index contributed by atoms with van der Waals surface area (Å²) in [5, 5.41) is 12.1. The van der Waals surface area contributed by atoms with E-state index in [9.17, 15) is 9.18 Å². The van der Waals surface area contributed by atoms with Crippen molar-refractivity contribution in [2.75, 3.05) is 17.7 Å². The van der Waals surface area contributed by atoms with Gasteiger partial charge in [0.2, 0.25) is 5.91 Å². The van der Waals surface area contributed by atoms with Gasteiger partial charge in [-0.25, -0.2) is 4.39 Å². The summed E-state index contributed by atoms with van der Waals surface area (Å²) in [6.07, 6.45) is 4.63. The molecule has 0 spiro atoms. The minimum atomic E-state index is -0.374. The van der Waals surface area contributed by atoms with Gasteiger partial charge in [0.15, 0.2) is 5.16 Å². The molecular weight excluding hydrogens is 355 g/mol. The van der Waals surface area contributed by atoms with Crippen LogP contribution in [-0.4, -0.2) is 39.1 Å². The fourth-order valence-electron chi connectivity index (χ4n) is 3.11. The van der Waals surface area contributed by atoms with Crippen LogP contribution in [0.4, 0.5) is 10.1 Å². The SMILES string of the molecule is O=C(CSc1nnc(C2CC2)n1C[C@@H]1CCCO1)Nc1cccc(F)c1. The molecule has 1 saturated heterocycles. The van der Waals surface area contributed by atoms with Crippen molar-refractivity contribution < 1.29 is 13.9 Å². The van der Waals surface area contributed by atoms with E-state index in [4.69, 9.17) is 4.74 Å². The number of benzene rings is 1. The number of nitrogens with zero attached hydrogens (tertiary/aromatic N) is 3. The molecule has 1 N–H and O–H groups in total. The Bertz CT molecular complexity index is 787. The van der Waals surface area contributed by atoms with Gasteiger partial charge in [-0.2, -0.15) is 0 Å². The maximum Gasteiger partial charge on any atom is 0.234 e. The summed E-state index contributed by atoms with van der Waals surface area (Å²) in [7, 11) is 0. The normalized spacial score (nSPS) is 19.7. The summed E-state index contributed by atoms with van der Waals surface area (Å²) < 4.78 is 21.1. The van der Waals surface area contributed by atoms with Crippen molar-refractivity contribution in [3.8, 4) is 0 Å². The first-order valence-electron chi connectivity index (χ1n) is 8.92. The van der Waals surface area contributed by atoms with Crippen LogP contribution in [0.1, 0.15) is 37.4 Å². The molecule has 1 aromatic heterocycles. The Morgan fingerprint density at radius 2 is 2.23 bits per heavy atom. The summed E-state index contributed by atoms with van der Waals surface area (Å²) in [6, 6.07) is 5.88. The van der Waals surface area contributed by atoms with E-state index in [0.717, 1.165) is 49.8 Å². The molecule has 1 aromatic carbocycles. The number of hydrogen-bond acceptors (Lipinski definition) is 5. The number of carbonyl (C=O) groups excluding carboxylic acids is 1.